The molecule has 0 spiro atoms. The van der Waals surface area contributed by atoms with Gasteiger partial charge in [0.05, 0.1) is 18.3 Å². The Labute approximate surface area is 183 Å². The number of nitrogens with one attached hydrogen (secondary N) is 1. The average molecular weight is 440 g/mol. The van der Waals surface area contributed by atoms with Crippen molar-refractivity contribution in [3.63, 3.8) is 0 Å². The molecule has 2 fully saturated rings. The fourth-order valence-electron chi connectivity index (χ4n) is 4.32. The normalized spacial score (nSPS) is 20.3. The largest absolute Gasteiger partial charge is 0.373 e. The van der Waals surface area contributed by atoms with Crippen LogP contribution in [-0.4, -0.2) is 76.1 Å². The number of thiophene rings is 1. The summed E-state index contributed by atoms with van der Waals surface area (Å²) in [4.78, 5) is 41.9. The van der Waals surface area contributed by atoms with Crippen LogP contribution in [-0.2, 0) is 4.74 Å². The van der Waals surface area contributed by atoms with Crippen molar-refractivity contribution in [3.05, 3.63) is 45.7 Å². The maximum atomic E-state index is 13.4. The van der Waals surface area contributed by atoms with Crippen LogP contribution in [0.25, 0.3) is 21.7 Å². The minimum atomic E-state index is -0.250. The average Bonchev–Trinajstić information content (AvgIpc) is 3.25. The van der Waals surface area contributed by atoms with Gasteiger partial charge in [0, 0.05) is 31.2 Å². The number of ether oxygens (including phenoxy) is 1. The van der Waals surface area contributed by atoms with E-state index >= 15 is 0 Å². The zero-order chi connectivity index (χ0) is 21.2. The molecule has 2 aliphatic rings. The van der Waals surface area contributed by atoms with Crippen LogP contribution in [0.4, 0.5) is 0 Å². The second-order valence-electron chi connectivity index (χ2n) is 8.06. The number of fused-ring (bicyclic) bond motifs is 1. The van der Waals surface area contributed by atoms with Crippen molar-refractivity contribution in [3.8, 4) is 11.5 Å². The SMILES string of the molecule is O=C(c1csc2c(=O)[nH]c(-c3ccccn3)nc12)N1CCOC(CN2CCCCC2)C1. The number of carbonyl (C=O) groups excluding carboxylic acids is 1. The summed E-state index contributed by atoms with van der Waals surface area (Å²) >= 11 is 1.25. The number of amides is 1. The van der Waals surface area contributed by atoms with Crippen LogP contribution in [0.3, 0.4) is 0 Å². The highest BCUT2D eigenvalue weighted by atomic mass is 32.1. The predicted octanol–water partition coefficient (Wildman–Crippen LogP) is 2.37. The van der Waals surface area contributed by atoms with Crippen molar-refractivity contribution in [1.82, 2.24) is 24.8 Å². The minimum absolute atomic E-state index is 0.0149. The first-order valence-electron chi connectivity index (χ1n) is 10.8. The summed E-state index contributed by atoms with van der Waals surface area (Å²) in [5, 5.41) is 1.74. The van der Waals surface area contributed by atoms with E-state index in [2.05, 4.69) is 19.9 Å². The monoisotopic (exact) mass is 439 g/mol. The molecule has 1 amide bonds. The van der Waals surface area contributed by atoms with Crippen LogP contribution in [0.5, 0.6) is 0 Å². The molecule has 9 heteroatoms. The number of nitrogens with zero attached hydrogens (tertiary/aromatic N) is 4. The van der Waals surface area contributed by atoms with Gasteiger partial charge in [-0.2, -0.15) is 0 Å². The van der Waals surface area contributed by atoms with Crippen LogP contribution in [0.2, 0.25) is 0 Å². The summed E-state index contributed by atoms with van der Waals surface area (Å²) in [7, 11) is 0. The molecular weight excluding hydrogens is 414 g/mol. The molecule has 3 aromatic rings. The third kappa shape index (κ3) is 4.26. The number of hydrogen-bond acceptors (Lipinski definition) is 7. The number of aromatic nitrogens is 3. The Morgan fingerprint density at radius 2 is 2.10 bits per heavy atom. The number of likely N-dealkylation sites (tertiary alicyclic amines) is 1. The Kier molecular flexibility index (Phi) is 5.80. The van der Waals surface area contributed by atoms with E-state index in [1.165, 1.54) is 30.6 Å². The summed E-state index contributed by atoms with van der Waals surface area (Å²) in [5.41, 5.74) is 1.24. The second-order valence-corrected chi connectivity index (χ2v) is 8.94. The molecule has 0 saturated carbocycles. The lowest BCUT2D eigenvalue weighted by atomic mass is 10.1. The zero-order valence-corrected chi connectivity index (χ0v) is 18.1. The lowest BCUT2D eigenvalue weighted by molar-refractivity contribution is -0.0376. The van der Waals surface area contributed by atoms with Gasteiger partial charge in [0.15, 0.2) is 5.82 Å². The molecule has 2 saturated heterocycles. The second kappa shape index (κ2) is 8.86. The van der Waals surface area contributed by atoms with Crippen LogP contribution in [0.1, 0.15) is 29.6 Å². The van der Waals surface area contributed by atoms with E-state index < -0.39 is 0 Å². The third-order valence-electron chi connectivity index (χ3n) is 5.90. The molecule has 3 aromatic heterocycles. The van der Waals surface area contributed by atoms with E-state index in [-0.39, 0.29) is 17.6 Å². The van der Waals surface area contributed by atoms with Gasteiger partial charge in [0.2, 0.25) is 0 Å². The minimum Gasteiger partial charge on any atom is -0.373 e. The number of morpholine rings is 1. The fourth-order valence-corrected chi connectivity index (χ4v) is 5.19. The first kappa shape index (κ1) is 20.3. The van der Waals surface area contributed by atoms with E-state index in [1.54, 1.807) is 23.7 Å². The predicted molar refractivity (Wildman–Crippen MR) is 119 cm³/mol. The van der Waals surface area contributed by atoms with Crippen LogP contribution in [0, 0.1) is 0 Å². The van der Waals surface area contributed by atoms with Gasteiger partial charge >= 0.3 is 0 Å². The number of H-pyrrole nitrogens is 1. The van der Waals surface area contributed by atoms with Gasteiger partial charge in [-0.15, -0.1) is 11.3 Å². The van der Waals surface area contributed by atoms with Gasteiger partial charge in [-0.05, 0) is 38.1 Å². The van der Waals surface area contributed by atoms with Crippen molar-refractivity contribution in [2.45, 2.75) is 25.4 Å². The molecule has 1 atom stereocenters. The highest BCUT2D eigenvalue weighted by molar-refractivity contribution is 7.17. The zero-order valence-electron chi connectivity index (χ0n) is 17.2. The lowest BCUT2D eigenvalue weighted by Gasteiger charge is -2.36. The van der Waals surface area contributed by atoms with Gasteiger partial charge in [0.1, 0.15) is 15.9 Å². The highest BCUT2D eigenvalue weighted by Crippen LogP contribution is 2.25. The molecular formula is C22H25N5O3S. The summed E-state index contributed by atoms with van der Waals surface area (Å²) < 4.78 is 6.41. The van der Waals surface area contributed by atoms with Gasteiger partial charge in [0.25, 0.3) is 11.5 Å². The van der Waals surface area contributed by atoms with Gasteiger partial charge in [-0.1, -0.05) is 12.5 Å². The van der Waals surface area contributed by atoms with Gasteiger partial charge < -0.3 is 19.5 Å². The number of aromatic amines is 1. The van der Waals surface area contributed by atoms with Crippen molar-refractivity contribution in [2.75, 3.05) is 39.3 Å². The van der Waals surface area contributed by atoms with Crippen molar-refractivity contribution < 1.29 is 9.53 Å². The molecule has 0 radical (unpaired) electrons. The number of carbonyl (C=O) groups is 1. The quantitative estimate of drug-likeness (QED) is 0.671. The first-order chi connectivity index (χ1) is 15.2. The number of piperidine rings is 1. The molecule has 0 bridgehead atoms. The Hall–Kier alpha value is -2.62. The lowest BCUT2D eigenvalue weighted by Crippen LogP contribution is -2.50. The summed E-state index contributed by atoms with van der Waals surface area (Å²) in [6.07, 6.45) is 5.42. The van der Waals surface area contributed by atoms with Gasteiger partial charge in [-0.25, -0.2) is 4.98 Å². The first-order valence-corrected chi connectivity index (χ1v) is 11.6. The van der Waals surface area contributed by atoms with Crippen molar-refractivity contribution >= 4 is 27.5 Å². The van der Waals surface area contributed by atoms with E-state index in [0.717, 1.165) is 19.6 Å². The molecule has 0 aliphatic carbocycles. The smallest absolute Gasteiger partial charge is 0.269 e. The van der Waals surface area contributed by atoms with E-state index in [9.17, 15) is 9.59 Å². The van der Waals surface area contributed by atoms with Crippen molar-refractivity contribution in [1.29, 1.82) is 0 Å². The maximum absolute atomic E-state index is 13.4. The Balaban J connectivity index is 1.39. The van der Waals surface area contributed by atoms with Crippen LogP contribution in [0.15, 0.2) is 34.6 Å². The van der Waals surface area contributed by atoms with E-state index in [1.807, 2.05) is 11.0 Å². The van der Waals surface area contributed by atoms with Crippen molar-refractivity contribution in [2.24, 2.45) is 0 Å². The number of pyridine rings is 1. The molecule has 1 N–H and O–H groups in total. The molecule has 162 valence electrons. The topological polar surface area (TPSA) is 91.4 Å². The third-order valence-corrected chi connectivity index (χ3v) is 6.87. The molecule has 8 nitrogen and oxygen atoms in total. The van der Waals surface area contributed by atoms with Crippen LogP contribution >= 0.6 is 11.3 Å². The Morgan fingerprint density at radius 3 is 2.90 bits per heavy atom. The number of rotatable bonds is 4. The molecule has 5 heterocycles. The standard InChI is InChI=1S/C22H25N5O3S/c28-21-19-18(24-20(25-21)17-6-2-3-7-23-17)16(14-31-19)22(29)27-10-11-30-15(13-27)12-26-8-4-1-5-9-26/h2-3,6-7,14-15H,1,4-5,8-13H2,(H,24,25,28). The summed E-state index contributed by atoms with van der Waals surface area (Å²) in [6.45, 7) is 4.69. The molecule has 31 heavy (non-hydrogen) atoms. The highest BCUT2D eigenvalue weighted by Gasteiger charge is 2.29. The summed E-state index contributed by atoms with van der Waals surface area (Å²) in [6, 6.07) is 5.42. The molecule has 2 aliphatic heterocycles. The van der Waals surface area contributed by atoms with Gasteiger partial charge in [-0.3, -0.25) is 14.6 Å². The Bertz CT molecular complexity index is 1120. The number of hydrogen-bond donors (Lipinski definition) is 1. The molecule has 1 unspecified atom stereocenters. The molecule has 0 aromatic carbocycles. The van der Waals surface area contributed by atoms with E-state index in [4.69, 9.17) is 4.74 Å². The summed E-state index contributed by atoms with van der Waals surface area (Å²) in [5.74, 6) is 0.277. The molecule has 5 rings (SSSR count). The van der Waals surface area contributed by atoms with E-state index in [0.29, 0.717) is 47.0 Å². The maximum Gasteiger partial charge on any atom is 0.269 e. The Morgan fingerprint density at radius 1 is 1.23 bits per heavy atom. The fraction of sp³-hybridized carbons (Fsp3) is 0.455. The van der Waals surface area contributed by atoms with Crippen LogP contribution < -0.4 is 5.56 Å².